The van der Waals surface area contributed by atoms with Crippen molar-refractivity contribution in [3.8, 4) is 0 Å². The van der Waals surface area contributed by atoms with Gasteiger partial charge in [0.1, 0.15) is 5.75 Å². The van der Waals surface area contributed by atoms with E-state index in [9.17, 15) is 13.2 Å². The number of benzene rings is 1. The van der Waals surface area contributed by atoms with Gasteiger partial charge in [0.15, 0.2) is 0 Å². The Morgan fingerprint density at radius 1 is 1.23 bits per heavy atom. The van der Waals surface area contributed by atoms with Crippen LogP contribution in [0.1, 0.15) is 24.8 Å². The number of hydrogen-bond donors (Lipinski definition) is 0. The van der Waals surface area contributed by atoms with Crippen LogP contribution in [0.25, 0.3) is 0 Å². The summed E-state index contributed by atoms with van der Waals surface area (Å²) in [6, 6.07) is 8.38. The van der Waals surface area contributed by atoms with E-state index in [4.69, 9.17) is 4.74 Å². The van der Waals surface area contributed by atoms with Crippen molar-refractivity contribution < 1.29 is 17.9 Å². The Labute approximate surface area is 190 Å². The van der Waals surface area contributed by atoms with E-state index >= 15 is 0 Å². The van der Waals surface area contributed by atoms with E-state index in [1.807, 2.05) is 17.8 Å². The Bertz CT molecular complexity index is 859. The van der Waals surface area contributed by atoms with Gasteiger partial charge in [-0.2, -0.15) is 16.1 Å². The molecule has 0 aliphatic carbocycles. The first-order valence-corrected chi connectivity index (χ1v) is 14.0. The molecule has 0 aromatic heterocycles. The average Bonchev–Trinajstić information content (AvgIpc) is 3.46. The highest BCUT2D eigenvalue weighted by atomic mass is 32.2. The maximum absolute atomic E-state index is 13.1. The van der Waals surface area contributed by atoms with Crippen LogP contribution in [0.3, 0.4) is 0 Å². The summed E-state index contributed by atoms with van der Waals surface area (Å²) in [6.45, 7) is 5.39. The van der Waals surface area contributed by atoms with E-state index in [0.717, 1.165) is 43.1 Å². The van der Waals surface area contributed by atoms with Crippen molar-refractivity contribution in [3.05, 3.63) is 29.8 Å². The molecule has 0 radical (unpaired) electrons. The number of rotatable bonds is 7. The number of carbonyl (C=O) groups is 1. The highest BCUT2D eigenvalue weighted by molar-refractivity contribution is 7.99. The predicted molar refractivity (Wildman–Crippen MR) is 125 cm³/mol. The SMILES string of the molecule is Cc1cccc(N2CCN(S(=O)(=O)CC(=O)N(CC3CCCO3)C3CCSC3)CC2)c1. The van der Waals surface area contributed by atoms with Crippen molar-refractivity contribution in [2.75, 3.05) is 61.5 Å². The molecule has 1 aromatic carbocycles. The number of thioether (sulfide) groups is 1. The number of sulfonamides is 1. The first-order valence-electron chi connectivity index (χ1n) is 11.2. The molecule has 1 amide bonds. The summed E-state index contributed by atoms with van der Waals surface area (Å²) < 4.78 is 33.4. The van der Waals surface area contributed by atoms with Gasteiger partial charge in [-0.05, 0) is 49.6 Å². The van der Waals surface area contributed by atoms with Crippen molar-refractivity contribution in [2.24, 2.45) is 0 Å². The molecule has 172 valence electrons. The predicted octanol–water partition coefficient (Wildman–Crippen LogP) is 1.96. The number of nitrogens with zero attached hydrogens (tertiary/aromatic N) is 3. The third-order valence-electron chi connectivity index (χ3n) is 6.40. The van der Waals surface area contributed by atoms with Crippen LogP contribution in [0, 0.1) is 6.92 Å². The first-order chi connectivity index (χ1) is 14.9. The maximum Gasteiger partial charge on any atom is 0.239 e. The summed E-state index contributed by atoms with van der Waals surface area (Å²) in [5, 5.41) is 0. The second kappa shape index (κ2) is 10.1. The molecule has 2 unspecified atom stereocenters. The highest BCUT2D eigenvalue weighted by Gasteiger charge is 2.35. The van der Waals surface area contributed by atoms with E-state index in [-0.39, 0.29) is 18.1 Å². The minimum Gasteiger partial charge on any atom is -0.376 e. The number of hydrogen-bond acceptors (Lipinski definition) is 6. The van der Waals surface area contributed by atoms with Crippen LogP contribution < -0.4 is 4.90 Å². The number of piperazine rings is 1. The summed E-state index contributed by atoms with van der Waals surface area (Å²) >= 11 is 1.83. The summed E-state index contributed by atoms with van der Waals surface area (Å²) in [6.07, 6.45) is 2.92. The van der Waals surface area contributed by atoms with Crippen LogP contribution in [0.4, 0.5) is 5.69 Å². The number of carbonyl (C=O) groups excluding carboxylic acids is 1. The van der Waals surface area contributed by atoms with Gasteiger partial charge in [0.25, 0.3) is 0 Å². The fraction of sp³-hybridized carbons (Fsp3) is 0.682. The monoisotopic (exact) mass is 467 g/mol. The molecule has 7 nitrogen and oxygen atoms in total. The van der Waals surface area contributed by atoms with Crippen LogP contribution in [-0.4, -0.2) is 92.3 Å². The first kappa shape index (κ1) is 22.9. The summed E-state index contributed by atoms with van der Waals surface area (Å²) in [7, 11) is -3.64. The molecular weight excluding hydrogens is 434 g/mol. The molecule has 4 rings (SSSR count). The molecule has 3 fully saturated rings. The molecule has 0 spiro atoms. The van der Waals surface area contributed by atoms with Gasteiger partial charge >= 0.3 is 0 Å². The lowest BCUT2D eigenvalue weighted by Gasteiger charge is -2.36. The zero-order valence-corrected chi connectivity index (χ0v) is 19.9. The van der Waals surface area contributed by atoms with Crippen molar-refractivity contribution in [3.63, 3.8) is 0 Å². The molecule has 0 bridgehead atoms. The smallest absolute Gasteiger partial charge is 0.239 e. The normalized spacial score (nSPS) is 25.1. The van der Waals surface area contributed by atoms with E-state index in [1.165, 1.54) is 9.87 Å². The number of anilines is 1. The average molecular weight is 468 g/mol. The molecule has 2 atom stereocenters. The molecule has 31 heavy (non-hydrogen) atoms. The minimum absolute atomic E-state index is 0.0372. The Balaban J connectivity index is 1.37. The molecule has 3 aliphatic rings. The zero-order chi connectivity index (χ0) is 21.8. The van der Waals surface area contributed by atoms with Gasteiger partial charge in [0, 0.05) is 56.8 Å². The Morgan fingerprint density at radius 3 is 2.68 bits per heavy atom. The van der Waals surface area contributed by atoms with Crippen molar-refractivity contribution in [1.82, 2.24) is 9.21 Å². The van der Waals surface area contributed by atoms with E-state index in [1.54, 1.807) is 4.90 Å². The van der Waals surface area contributed by atoms with Crippen LogP contribution in [0.2, 0.25) is 0 Å². The second-order valence-corrected chi connectivity index (χ2v) is 11.8. The lowest BCUT2D eigenvalue weighted by atomic mass is 10.1. The number of aryl methyl sites for hydroxylation is 1. The van der Waals surface area contributed by atoms with Crippen LogP contribution in [0.5, 0.6) is 0 Å². The fourth-order valence-electron chi connectivity index (χ4n) is 4.61. The molecule has 0 N–H and O–H groups in total. The fourth-order valence-corrected chi connectivity index (χ4v) is 7.21. The van der Waals surface area contributed by atoms with Gasteiger partial charge in [-0.1, -0.05) is 12.1 Å². The van der Waals surface area contributed by atoms with Gasteiger partial charge < -0.3 is 14.5 Å². The van der Waals surface area contributed by atoms with Gasteiger partial charge in [-0.3, -0.25) is 4.79 Å². The Morgan fingerprint density at radius 2 is 2.03 bits per heavy atom. The van der Waals surface area contributed by atoms with Gasteiger partial charge in [-0.25, -0.2) is 8.42 Å². The molecule has 3 saturated heterocycles. The molecule has 1 aromatic rings. The summed E-state index contributed by atoms with van der Waals surface area (Å²) in [5.74, 6) is 1.19. The molecule has 9 heteroatoms. The quantitative estimate of drug-likeness (QED) is 0.611. The van der Waals surface area contributed by atoms with Crippen molar-refractivity contribution >= 4 is 33.4 Å². The lowest BCUT2D eigenvalue weighted by Crippen LogP contribution is -2.52. The maximum atomic E-state index is 13.1. The molecule has 3 aliphatic heterocycles. The molecular formula is C22H33N3O4S2. The van der Waals surface area contributed by atoms with E-state index in [2.05, 4.69) is 30.0 Å². The third kappa shape index (κ3) is 5.74. The summed E-state index contributed by atoms with van der Waals surface area (Å²) in [5.41, 5.74) is 2.31. The standard InChI is InChI=1S/C22H33N3O4S2/c1-18-4-2-5-19(14-18)23-8-10-24(11-9-23)31(27,28)17-22(26)25(20-7-13-30-16-20)15-21-6-3-12-29-21/h2,4-5,14,20-21H,3,6-13,15-17H2,1H3. The van der Waals surface area contributed by atoms with Gasteiger partial charge in [-0.15, -0.1) is 0 Å². The number of amides is 1. The Hall–Kier alpha value is -1.29. The van der Waals surface area contributed by atoms with Crippen LogP contribution in [0.15, 0.2) is 24.3 Å². The minimum atomic E-state index is -3.64. The third-order valence-corrected chi connectivity index (χ3v) is 9.30. The largest absolute Gasteiger partial charge is 0.376 e. The highest BCUT2D eigenvalue weighted by Crippen LogP contribution is 2.25. The van der Waals surface area contributed by atoms with E-state index in [0.29, 0.717) is 32.7 Å². The van der Waals surface area contributed by atoms with E-state index < -0.39 is 15.8 Å². The Kier molecular flexibility index (Phi) is 7.46. The lowest BCUT2D eigenvalue weighted by molar-refractivity contribution is -0.132. The molecule has 0 saturated carbocycles. The van der Waals surface area contributed by atoms with Crippen molar-refractivity contribution in [1.29, 1.82) is 0 Å². The molecule has 3 heterocycles. The van der Waals surface area contributed by atoms with Gasteiger partial charge in [0.05, 0.1) is 6.10 Å². The number of ether oxygens (including phenoxy) is 1. The van der Waals surface area contributed by atoms with Gasteiger partial charge in [0.2, 0.25) is 15.9 Å². The second-order valence-electron chi connectivity index (χ2n) is 8.68. The van der Waals surface area contributed by atoms with Crippen LogP contribution in [-0.2, 0) is 19.6 Å². The zero-order valence-electron chi connectivity index (χ0n) is 18.2. The topological polar surface area (TPSA) is 70.2 Å². The summed E-state index contributed by atoms with van der Waals surface area (Å²) in [4.78, 5) is 17.2. The van der Waals surface area contributed by atoms with Crippen LogP contribution >= 0.6 is 11.8 Å². The van der Waals surface area contributed by atoms with Crippen molar-refractivity contribution in [2.45, 2.75) is 38.3 Å².